The van der Waals surface area contributed by atoms with Crippen molar-refractivity contribution in [3.63, 3.8) is 0 Å². The van der Waals surface area contributed by atoms with E-state index in [1.807, 2.05) is 7.05 Å². The van der Waals surface area contributed by atoms with E-state index in [0.29, 0.717) is 17.0 Å². The fraction of sp³-hybridized carbons (Fsp3) is 0.562. The van der Waals surface area contributed by atoms with E-state index in [0.717, 1.165) is 19.3 Å². The van der Waals surface area contributed by atoms with Crippen LogP contribution in [0.4, 0.5) is 5.69 Å². The Morgan fingerprint density at radius 2 is 2.00 bits per heavy atom. The molecule has 1 aliphatic rings. The summed E-state index contributed by atoms with van der Waals surface area (Å²) in [7, 11) is 1.81. The summed E-state index contributed by atoms with van der Waals surface area (Å²) < 4.78 is 0. The third kappa shape index (κ3) is 3.06. The first-order chi connectivity index (χ1) is 9.93. The molecule has 2 atom stereocenters. The van der Waals surface area contributed by atoms with E-state index < -0.39 is 4.92 Å². The van der Waals surface area contributed by atoms with Gasteiger partial charge in [0, 0.05) is 30.3 Å². The topological polar surface area (TPSA) is 63.5 Å². The minimum atomic E-state index is -0.435. The van der Waals surface area contributed by atoms with Crippen molar-refractivity contribution >= 4 is 11.6 Å². The Morgan fingerprint density at radius 1 is 1.33 bits per heavy atom. The number of hydrogen-bond acceptors (Lipinski definition) is 3. The molecular weight excluding hydrogens is 268 g/mol. The van der Waals surface area contributed by atoms with Gasteiger partial charge in [-0.15, -0.1) is 0 Å². The van der Waals surface area contributed by atoms with Crippen LogP contribution in [0.3, 0.4) is 0 Å². The molecule has 2 rings (SSSR count). The van der Waals surface area contributed by atoms with E-state index in [1.165, 1.54) is 12.5 Å². The molecule has 0 N–H and O–H groups in total. The Bertz CT molecular complexity index is 556. The second kappa shape index (κ2) is 6.24. The Hall–Kier alpha value is -1.91. The molecule has 0 spiro atoms. The lowest BCUT2D eigenvalue weighted by molar-refractivity contribution is -0.385. The number of carbonyl (C=O) groups is 1. The first-order valence-electron chi connectivity index (χ1n) is 7.44. The van der Waals surface area contributed by atoms with Gasteiger partial charge < -0.3 is 4.90 Å². The largest absolute Gasteiger partial charge is 0.338 e. The van der Waals surface area contributed by atoms with Crippen LogP contribution in [0.2, 0.25) is 0 Å². The van der Waals surface area contributed by atoms with Crippen LogP contribution in [0, 0.1) is 23.0 Å². The summed E-state index contributed by atoms with van der Waals surface area (Å²) in [5, 5.41) is 11.0. The predicted molar refractivity (Wildman–Crippen MR) is 81.3 cm³/mol. The van der Waals surface area contributed by atoms with E-state index >= 15 is 0 Å². The molecule has 0 aliphatic heterocycles. The molecule has 0 heterocycles. The zero-order chi connectivity index (χ0) is 15.6. The Kier molecular flexibility index (Phi) is 4.60. The summed E-state index contributed by atoms with van der Waals surface area (Å²) in [6, 6.07) is 4.92. The van der Waals surface area contributed by atoms with Crippen LogP contribution in [-0.2, 0) is 0 Å². The van der Waals surface area contributed by atoms with E-state index in [1.54, 1.807) is 24.0 Å². The maximum atomic E-state index is 12.7. The molecule has 1 aromatic carbocycles. The molecule has 0 saturated heterocycles. The maximum absolute atomic E-state index is 12.7. The zero-order valence-electron chi connectivity index (χ0n) is 12.8. The van der Waals surface area contributed by atoms with Crippen LogP contribution in [0.5, 0.6) is 0 Å². The molecule has 1 aliphatic carbocycles. The molecule has 5 nitrogen and oxygen atoms in total. The second-order valence-corrected chi connectivity index (χ2v) is 5.95. The molecule has 5 heteroatoms. The highest BCUT2D eigenvalue weighted by atomic mass is 16.6. The van der Waals surface area contributed by atoms with Gasteiger partial charge in [0.05, 0.1) is 4.92 Å². The van der Waals surface area contributed by atoms with Crippen molar-refractivity contribution in [2.75, 3.05) is 7.05 Å². The van der Waals surface area contributed by atoms with Crippen LogP contribution < -0.4 is 0 Å². The Balaban J connectivity index is 2.27. The first-order valence-corrected chi connectivity index (χ1v) is 7.44. The molecule has 0 aromatic heterocycles. The molecule has 2 unspecified atom stereocenters. The molecule has 114 valence electrons. The molecule has 1 fully saturated rings. The summed E-state index contributed by atoms with van der Waals surface area (Å²) in [6.45, 7) is 3.82. The SMILES string of the molecule is Cc1c(C(=O)N(C)C2CCCCC2C)cccc1[N+](=O)[O-]. The smallest absolute Gasteiger partial charge is 0.273 e. The number of nitro benzene ring substituents is 1. The third-order valence-electron chi connectivity index (χ3n) is 4.62. The van der Waals surface area contributed by atoms with Gasteiger partial charge in [-0.1, -0.05) is 25.8 Å². The number of benzene rings is 1. The van der Waals surface area contributed by atoms with Crippen molar-refractivity contribution in [1.82, 2.24) is 4.90 Å². The summed E-state index contributed by atoms with van der Waals surface area (Å²) >= 11 is 0. The lowest BCUT2D eigenvalue weighted by atomic mass is 9.85. The minimum Gasteiger partial charge on any atom is -0.338 e. The van der Waals surface area contributed by atoms with Gasteiger partial charge in [-0.25, -0.2) is 0 Å². The number of amides is 1. The molecular formula is C16H22N2O3. The summed E-state index contributed by atoms with van der Waals surface area (Å²) in [6.07, 6.45) is 4.50. The number of carbonyl (C=O) groups excluding carboxylic acids is 1. The summed E-state index contributed by atoms with van der Waals surface area (Å²) in [4.78, 5) is 25.0. The zero-order valence-corrected chi connectivity index (χ0v) is 12.8. The molecule has 1 aromatic rings. The summed E-state index contributed by atoms with van der Waals surface area (Å²) in [5.74, 6) is 0.363. The standard InChI is InChI=1S/C16H22N2O3/c1-11-7-4-5-9-14(11)17(3)16(19)13-8-6-10-15(12(13)2)18(20)21/h6,8,10-11,14H,4-5,7,9H2,1-3H3. The highest BCUT2D eigenvalue weighted by Gasteiger charge is 2.30. The van der Waals surface area contributed by atoms with Crippen LogP contribution in [0.25, 0.3) is 0 Å². The van der Waals surface area contributed by atoms with Gasteiger partial charge in [-0.2, -0.15) is 0 Å². The van der Waals surface area contributed by atoms with Gasteiger partial charge in [-0.05, 0) is 31.7 Å². The van der Waals surface area contributed by atoms with Crippen molar-refractivity contribution in [1.29, 1.82) is 0 Å². The minimum absolute atomic E-state index is 0.00550. The quantitative estimate of drug-likeness (QED) is 0.631. The van der Waals surface area contributed by atoms with Crippen molar-refractivity contribution in [3.8, 4) is 0 Å². The van der Waals surface area contributed by atoms with Gasteiger partial charge >= 0.3 is 0 Å². The Labute approximate surface area is 125 Å². The fourth-order valence-corrected chi connectivity index (χ4v) is 3.27. The fourth-order valence-electron chi connectivity index (χ4n) is 3.27. The highest BCUT2D eigenvalue weighted by molar-refractivity contribution is 5.96. The lowest BCUT2D eigenvalue weighted by Crippen LogP contribution is -2.42. The predicted octanol–water partition coefficient (Wildman–Crippen LogP) is 3.55. The Morgan fingerprint density at radius 3 is 2.62 bits per heavy atom. The average molecular weight is 290 g/mol. The van der Waals surface area contributed by atoms with Crippen molar-refractivity contribution < 1.29 is 9.72 Å². The van der Waals surface area contributed by atoms with Crippen LogP contribution in [0.15, 0.2) is 18.2 Å². The van der Waals surface area contributed by atoms with Gasteiger partial charge in [-0.3, -0.25) is 14.9 Å². The number of nitrogens with zero attached hydrogens (tertiary/aromatic N) is 2. The van der Waals surface area contributed by atoms with E-state index in [-0.39, 0.29) is 17.6 Å². The molecule has 1 amide bonds. The van der Waals surface area contributed by atoms with Gasteiger partial charge in [0.15, 0.2) is 0 Å². The van der Waals surface area contributed by atoms with Crippen molar-refractivity contribution in [2.24, 2.45) is 5.92 Å². The number of nitro groups is 1. The van der Waals surface area contributed by atoms with Crippen molar-refractivity contribution in [2.45, 2.75) is 45.6 Å². The second-order valence-electron chi connectivity index (χ2n) is 5.95. The van der Waals surface area contributed by atoms with Crippen molar-refractivity contribution in [3.05, 3.63) is 39.4 Å². The highest BCUT2D eigenvalue weighted by Crippen LogP contribution is 2.29. The van der Waals surface area contributed by atoms with Gasteiger partial charge in [0.25, 0.3) is 11.6 Å². The lowest BCUT2D eigenvalue weighted by Gasteiger charge is -2.36. The molecule has 0 bridgehead atoms. The monoisotopic (exact) mass is 290 g/mol. The van der Waals surface area contributed by atoms with Crippen LogP contribution in [-0.4, -0.2) is 28.8 Å². The maximum Gasteiger partial charge on any atom is 0.273 e. The summed E-state index contributed by atoms with van der Waals surface area (Å²) in [5.41, 5.74) is 0.887. The number of hydrogen-bond donors (Lipinski definition) is 0. The molecule has 0 radical (unpaired) electrons. The van der Waals surface area contributed by atoms with Crippen LogP contribution >= 0.6 is 0 Å². The molecule has 21 heavy (non-hydrogen) atoms. The average Bonchev–Trinajstić information content (AvgIpc) is 2.46. The number of rotatable bonds is 3. The van der Waals surface area contributed by atoms with E-state index in [9.17, 15) is 14.9 Å². The normalized spacial score (nSPS) is 21.9. The van der Waals surface area contributed by atoms with E-state index in [4.69, 9.17) is 0 Å². The van der Waals surface area contributed by atoms with Crippen LogP contribution in [0.1, 0.15) is 48.5 Å². The van der Waals surface area contributed by atoms with E-state index in [2.05, 4.69) is 6.92 Å². The first kappa shape index (κ1) is 15.5. The molecule has 1 saturated carbocycles. The van der Waals surface area contributed by atoms with Gasteiger partial charge in [0.1, 0.15) is 0 Å². The third-order valence-corrected chi connectivity index (χ3v) is 4.62. The van der Waals surface area contributed by atoms with Gasteiger partial charge in [0.2, 0.25) is 0 Å².